The fraction of sp³-hybridized carbons (Fsp3) is 0.533. The first-order valence-corrected chi connectivity index (χ1v) is 8.55. The van der Waals surface area contributed by atoms with E-state index in [-0.39, 0.29) is 5.91 Å². The van der Waals surface area contributed by atoms with E-state index in [4.69, 9.17) is 0 Å². The lowest BCUT2D eigenvalue weighted by molar-refractivity contribution is -0.132. The van der Waals surface area contributed by atoms with Crippen LogP contribution >= 0.6 is 27.7 Å². The Labute approximate surface area is 133 Å². The molecule has 1 aliphatic heterocycles. The van der Waals surface area contributed by atoms with E-state index in [1.165, 1.54) is 0 Å². The molecule has 1 aliphatic rings. The minimum Gasteiger partial charge on any atom is -0.340 e. The maximum absolute atomic E-state index is 12.7. The molecule has 0 aromatic heterocycles. The first kappa shape index (κ1) is 15.9. The number of hydrogen-bond donors (Lipinski definition) is 1. The Morgan fingerprint density at radius 1 is 1.25 bits per heavy atom. The largest absolute Gasteiger partial charge is 0.340 e. The molecule has 1 aromatic carbocycles. The Bertz CT molecular complexity index is 453. The molecule has 0 unspecified atom stereocenters. The van der Waals surface area contributed by atoms with E-state index in [1.54, 1.807) is 11.8 Å². The van der Waals surface area contributed by atoms with Crippen LogP contribution in [0.2, 0.25) is 0 Å². The highest BCUT2D eigenvalue weighted by Gasteiger charge is 2.33. The molecule has 0 aliphatic carbocycles. The van der Waals surface area contributed by atoms with Gasteiger partial charge in [-0.25, -0.2) is 0 Å². The van der Waals surface area contributed by atoms with Gasteiger partial charge in [0.15, 0.2) is 0 Å². The zero-order chi connectivity index (χ0) is 14.6. The van der Waals surface area contributed by atoms with Gasteiger partial charge in [0.25, 0.3) is 0 Å². The van der Waals surface area contributed by atoms with Crippen molar-refractivity contribution in [2.75, 3.05) is 26.2 Å². The number of nitrogens with zero attached hydrogens (tertiary/aromatic N) is 1. The van der Waals surface area contributed by atoms with E-state index in [2.05, 4.69) is 21.2 Å². The molecule has 5 heteroatoms. The standard InChI is InChI=1S/C15H21BrN2OS/c1-15(2,20-13-6-4-12(16)5-7-13)14(19)18-10-3-8-17-9-11-18/h4-7,17H,3,8-11H2,1-2H3. The summed E-state index contributed by atoms with van der Waals surface area (Å²) in [6.45, 7) is 7.59. The van der Waals surface area contributed by atoms with E-state index in [0.717, 1.165) is 42.0 Å². The molecule has 1 saturated heterocycles. The second-order valence-corrected chi connectivity index (χ2v) is 8.07. The van der Waals surface area contributed by atoms with Crippen molar-refractivity contribution in [3.05, 3.63) is 28.7 Å². The van der Waals surface area contributed by atoms with Crippen LogP contribution in [0.1, 0.15) is 20.3 Å². The Hall–Kier alpha value is -0.520. The van der Waals surface area contributed by atoms with Crippen molar-refractivity contribution in [3.8, 4) is 0 Å². The van der Waals surface area contributed by atoms with Crippen molar-refractivity contribution in [2.45, 2.75) is 29.9 Å². The third-order valence-electron chi connectivity index (χ3n) is 3.33. The molecular formula is C15H21BrN2OS. The maximum atomic E-state index is 12.7. The summed E-state index contributed by atoms with van der Waals surface area (Å²) in [5.74, 6) is 0.231. The molecule has 1 N–H and O–H groups in total. The lowest BCUT2D eigenvalue weighted by Crippen LogP contribution is -2.44. The second kappa shape index (κ2) is 6.96. The third kappa shape index (κ3) is 4.24. The van der Waals surface area contributed by atoms with E-state index in [1.807, 2.05) is 43.0 Å². The van der Waals surface area contributed by atoms with Gasteiger partial charge in [-0.15, -0.1) is 11.8 Å². The first-order chi connectivity index (χ1) is 9.49. The number of carbonyl (C=O) groups is 1. The quantitative estimate of drug-likeness (QED) is 0.844. The van der Waals surface area contributed by atoms with Gasteiger partial charge < -0.3 is 10.2 Å². The zero-order valence-electron chi connectivity index (χ0n) is 12.0. The molecule has 2 rings (SSSR count). The highest BCUT2D eigenvalue weighted by Crippen LogP contribution is 2.34. The Morgan fingerprint density at radius 3 is 2.65 bits per heavy atom. The number of benzene rings is 1. The SMILES string of the molecule is CC(C)(Sc1ccc(Br)cc1)C(=O)N1CCCNCC1. The van der Waals surface area contributed by atoms with Gasteiger partial charge in [-0.3, -0.25) is 4.79 Å². The van der Waals surface area contributed by atoms with Crippen LogP contribution < -0.4 is 5.32 Å². The number of carbonyl (C=O) groups excluding carboxylic acids is 1. The summed E-state index contributed by atoms with van der Waals surface area (Å²) in [7, 11) is 0. The third-order valence-corrected chi connectivity index (χ3v) is 5.05. The molecule has 0 spiro atoms. The summed E-state index contributed by atoms with van der Waals surface area (Å²) in [6.07, 6.45) is 1.03. The molecule has 0 bridgehead atoms. The lowest BCUT2D eigenvalue weighted by Gasteiger charge is -2.30. The van der Waals surface area contributed by atoms with Gasteiger partial charge >= 0.3 is 0 Å². The Kier molecular flexibility index (Phi) is 5.52. The van der Waals surface area contributed by atoms with Crippen LogP contribution in [0.3, 0.4) is 0 Å². The van der Waals surface area contributed by atoms with Gasteiger partial charge in [0.2, 0.25) is 5.91 Å². The van der Waals surface area contributed by atoms with E-state index in [0.29, 0.717) is 0 Å². The summed E-state index contributed by atoms with van der Waals surface area (Å²) in [5.41, 5.74) is 0. The van der Waals surface area contributed by atoms with E-state index < -0.39 is 4.75 Å². The van der Waals surface area contributed by atoms with Crippen molar-refractivity contribution in [2.24, 2.45) is 0 Å². The first-order valence-electron chi connectivity index (χ1n) is 6.94. The molecule has 0 radical (unpaired) electrons. The highest BCUT2D eigenvalue weighted by atomic mass is 79.9. The predicted octanol–water partition coefficient (Wildman–Crippen LogP) is 3.14. The molecule has 0 atom stereocenters. The summed E-state index contributed by atoms with van der Waals surface area (Å²) in [4.78, 5) is 15.8. The van der Waals surface area contributed by atoms with Crippen LogP contribution in [-0.2, 0) is 4.79 Å². The molecule has 1 fully saturated rings. The number of amides is 1. The molecule has 1 amide bonds. The normalized spacial score (nSPS) is 16.9. The molecule has 1 heterocycles. The van der Waals surface area contributed by atoms with Crippen molar-refractivity contribution in [1.29, 1.82) is 0 Å². The highest BCUT2D eigenvalue weighted by molar-refractivity contribution is 9.10. The molecule has 3 nitrogen and oxygen atoms in total. The fourth-order valence-corrected chi connectivity index (χ4v) is 3.61. The average molecular weight is 357 g/mol. The molecule has 110 valence electrons. The number of nitrogens with one attached hydrogen (secondary N) is 1. The smallest absolute Gasteiger partial charge is 0.238 e. The molecule has 0 saturated carbocycles. The summed E-state index contributed by atoms with van der Waals surface area (Å²) in [6, 6.07) is 8.12. The van der Waals surface area contributed by atoms with Crippen molar-refractivity contribution < 1.29 is 4.79 Å². The second-order valence-electron chi connectivity index (χ2n) is 5.46. The summed E-state index contributed by atoms with van der Waals surface area (Å²) in [5, 5.41) is 3.33. The predicted molar refractivity (Wildman–Crippen MR) is 88.1 cm³/mol. The van der Waals surface area contributed by atoms with Crippen LogP contribution in [0.15, 0.2) is 33.6 Å². The van der Waals surface area contributed by atoms with E-state index >= 15 is 0 Å². The van der Waals surface area contributed by atoms with E-state index in [9.17, 15) is 4.79 Å². The van der Waals surface area contributed by atoms with Gasteiger partial charge in [0, 0.05) is 29.0 Å². The van der Waals surface area contributed by atoms with Crippen molar-refractivity contribution in [3.63, 3.8) is 0 Å². The fourth-order valence-electron chi connectivity index (χ4n) is 2.27. The van der Waals surface area contributed by atoms with Crippen LogP contribution in [-0.4, -0.2) is 41.7 Å². The Balaban J connectivity index is 2.04. The Morgan fingerprint density at radius 2 is 1.95 bits per heavy atom. The van der Waals surface area contributed by atoms with Gasteiger partial charge in [0.1, 0.15) is 0 Å². The van der Waals surface area contributed by atoms with Gasteiger partial charge in [-0.1, -0.05) is 15.9 Å². The van der Waals surface area contributed by atoms with Crippen LogP contribution in [0.25, 0.3) is 0 Å². The topological polar surface area (TPSA) is 32.3 Å². The maximum Gasteiger partial charge on any atom is 0.238 e. The van der Waals surface area contributed by atoms with Crippen LogP contribution in [0.5, 0.6) is 0 Å². The molecule has 1 aromatic rings. The monoisotopic (exact) mass is 356 g/mol. The summed E-state index contributed by atoms with van der Waals surface area (Å²) >= 11 is 5.06. The molecule has 20 heavy (non-hydrogen) atoms. The van der Waals surface area contributed by atoms with Gasteiger partial charge in [0.05, 0.1) is 4.75 Å². The van der Waals surface area contributed by atoms with Crippen LogP contribution in [0.4, 0.5) is 0 Å². The zero-order valence-corrected chi connectivity index (χ0v) is 14.4. The number of rotatable bonds is 3. The number of thioether (sulfide) groups is 1. The van der Waals surface area contributed by atoms with Gasteiger partial charge in [-0.2, -0.15) is 0 Å². The van der Waals surface area contributed by atoms with Crippen molar-refractivity contribution in [1.82, 2.24) is 10.2 Å². The van der Waals surface area contributed by atoms with Gasteiger partial charge in [-0.05, 0) is 51.1 Å². The lowest BCUT2D eigenvalue weighted by atomic mass is 10.1. The number of halogens is 1. The minimum absolute atomic E-state index is 0.231. The minimum atomic E-state index is -0.432. The van der Waals surface area contributed by atoms with Crippen molar-refractivity contribution >= 4 is 33.6 Å². The molecular weight excluding hydrogens is 336 g/mol. The summed E-state index contributed by atoms with van der Waals surface area (Å²) < 4.78 is 0.627. The van der Waals surface area contributed by atoms with Crippen LogP contribution in [0, 0.1) is 0 Å². The average Bonchev–Trinajstić information content (AvgIpc) is 2.69. The number of hydrogen-bond acceptors (Lipinski definition) is 3.